The minimum absolute atomic E-state index is 0.305. The van der Waals surface area contributed by atoms with Crippen molar-refractivity contribution in [2.45, 2.75) is 26.5 Å². The molecule has 1 atom stereocenters. The maximum absolute atomic E-state index is 12.1. The van der Waals surface area contributed by atoms with E-state index in [1.807, 2.05) is 42.9 Å². The average Bonchev–Trinajstić information content (AvgIpc) is 2.92. The molecule has 2 aromatic rings. The third kappa shape index (κ3) is 4.15. The van der Waals surface area contributed by atoms with Gasteiger partial charge in [-0.25, -0.2) is 9.78 Å². The Hall–Kier alpha value is -1.66. The number of esters is 1. The number of carbonyl (C=O) groups excluding carboxylic acids is 1. The summed E-state index contributed by atoms with van der Waals surface area (Å²) in [5, 5.41) is 10.2. The third-order valence-corrected chi connectivity index (χ3v) is 3.61. The Labute approximate surface area is 131 Å². The van der Waals surface area contributed by atoms with Gasteiger partial charge in [-0.2, -0.15) is 0 Å². The van der Waals surface area contributed by atoms with Crippen molar-refractivity contribution >= 4 is 21.9 Å². The van der Waals surface area contributed by atoms with Gasteiger partial charge >= 0.3 is 5.97 Å². The number of aromatic nitrogens is 2. The van der Waals surface area contributed by atoms with E-state index in [4.69, 9.17) is 4.74 Å². The quantitative estimate of drug-likeness (QED) is 0.663. The molecule has 0 aromatic carbocycles. The summed E-state index contributed by atoms with van der Waals surface area (Å²) in [5.74, 6) is -0.379. The standard InChI is InChI=1S/C15H17BrN2O3/c1-15(2,10-18-7-3-4-8-18)13(19)14(20)21-11-5-6-12(16)17-9-11/h3-9,13,19H,10H2,1-2H3. The van der Waals surface area contributed by atoms with Crippen LogP contribution in [0.3, 0.4) is 0 Å². The SMILES string of the molecule is CC(C)(Cn1cccc1)C(O)C(=O)Oc1ccc(Br)nc1. The lowest BCUT2D eigenvalue weighted by Gasteiger charge is -2.29. The summed E-state index contributed by atoms with van der Waals surface area (Å²) in [7, 11) is 0. The molecule has 6 heteroatoms. The summed E-state index contributed by atoms with van der Waals surface area (Å²) in [6, 6.07) is 7.07. The van der Waals surface area contributed by atoms with Crippen molar-refractivity contribution in [3.63, 3.8) is 0 Å². The smallest absolute Gasteiger partial charge is 0.341 e. The van der Waals surface area contributed by atoms with Gasteiger partial charge in [0.25, 0.3) is 0 Å². The van der Waals surface area contributed by atoms with E-state index in [0.717, 1.165) is 0 Å². The van der Waals surface area contributed by atoms with Crippen molar-refractivity contribution in [3.05, 3.63) is 47.5 Å². The number of ether oxygens (including phenoxy) is 1. The molecule has 0 saturated carbocycles. The molecule has 0 saturated heterocycles. The van der Waals surface area contributed by atoms with Gasteiger partial charge < -0.3 is 14.4 Å². The lowest BCUT2D eigenvalue weighted by Crippen LogP contribution is -2.41. The van der Waals surface area contributed by atoms with Crippen LogP contribution in [0.2, 0.25) is 0 Å². The summed E-state index contributed by atoms with van der Waals surface area (Å²) in [6.45, 7) is 4.15. The summed E-state index contributed by atoms with van der Waals surface area (Å²) in [6.07, 6.45) is 3.97. The van der Waals surface area contributed by atoms with Crippen molar-refractivity contribution in [3.8, 4) is 5.75 Å². The van der Waals surface area contributed by atoms with Crippen LogP contribution in [0, 0.1) is 5.41 Å². The highest BCUT2D eigenvalue weighted by molar-refractivity contribution is 9.10. The van der Waals surface area contributed by atoms with Crippen molar-refractivity contribution in [1.82, 2.24) is 9.55 Å². The highest BCUT2D eigenvalue weighted by Gasteiger charge is 2.35. The van der Waals surface area contributed by atoms with Crippen molar-refractivity contribution in [2.24, 2.45) is 5.41 Å². The van der Waals surface area contributed by atoms with Gasteiger partial charge in [-0.05, 0) is 40.2 Å². The second kappa shape index (κ2) is 6.41. The van der Waals surface area contributed by atoms with Gasteiger partial charge in [0, 0.05) is 24.4 Å². The lowest BCUT2D eigenvalue weighted by molar-refractivity contribution is -0.150. The van der Waals surface area contributed by atoms with Gasteiger partial charge in [-0.1, -0.05) is 13.8 Å². The van der Waals surface area contributed by atoms with E-state index in [2.05, 4.69) is 20.9 Å². The summed E-state index contributed by atoms with van der Waals surface area (Å²) < 4.78 is 7.72. The van der Waals surface area contributed by atoms with Crippen LogP contribution in [0.4, 0.5) is 0 Å². The first-order chi connectivity index (χ1) is 9.88. The molecule has 2 heterocycles. The highest BCUT2D eigenvalue weighted by atomic mass is 79.9. The van der Waals surface area contributed by atoms with Crippen molar-refractivity contribution in [2.75, 3.05) is 0 Å². The minimum atomic E-state index is -1.23. The van der Waals surface area contributed by atoms with E-state index in [9.17, 15) is 9.90 Å². The van der Waals surface area contributed by atoms with Gasteiger partial charge in [0.2, 0.25) is 0 Å². The van der Waals surface area contributed by atoms with Crippen LogP contribution in [-0.4, -0.2) is 26.7 Å². The van der Waals surface area contributed by atoms with Gasteiger partial charge in [-0.15, -0.1) is 0 Å². The average molecular weight is 353 g/mol. The Balaban J connectivity index is 2.02. The monoisotopic (exact) mass is 352 g/mol. The molecule has 1 unspecified atom stereocenters. The van der Waals surface area contributed by atoms with Gasteiger partial charge in [-0.3, -0.25) is 0 Å². The topological polar surface area (TPSA) is 64.4 Å². The molecule has 21 heavy (non-hydrogen) atoms. The van der Waals surface area contributed by atoms with E-state index < -0.39 is 17.5 Å². The van der Waals surface area contributed by atoms with E-state index in [-0.39, 0.29) is 0 Å². The molecular formula is C15H17BrN2O3. The summed E-state index contributed by atoms with van der Waals surface area (Å²) in [5.41, 5.74) is -0.654. The zero-order chi connectivity index (χ0) is 15.5. The molecule has 5 nitrogen and oxygen atoms in total. The zero-order valence-electron chi connectivity index (χ0n) is 11.9. The fourth-order valence-corrected chi connectivity index (χ4v) is 2.18. The van der Waals surface area contributed by atoms with Crippen LogP contribution in [0.25, 0.3) is 0 Å². The number of pyridine rings is 1. The molecule has 2 rings (SSSR count). The Morgan fingerprint density at radius 3 is 2.67 bits per heavy atom. The largest absolute Gasteiger partial charge is 0.423 e. The minimum Gasteiger partial charge on any atom is -0.423 e. The fourth-order valence-electron chi connectivity index (χ4n) is 1.95. The lowest BCUT2D eigenvalue weighted by atomic mass is 9.86. The van der Waals surface area contributed by atoms with Crippen LogP contribution < -0.4 is 4.74 Å². The number of carbonyl (C=O) groups is 1. The van der Waals surface area contributed by atoms with Gasteiger partial charge in [0.1, 0.15) is 10.4 Å². The van der Waals surface area contributed by atoms with Crippen LogP contribution in [0.5, 0.6) is 5.75 Å². The molecule has 2 aromatic heterocycles. The van der Waals surface area contributed by atoms with Crippen molar-refractivity contribution < 1.29 is 14.6 Å². The Bertz CT molecular complexity index is 594. The normalized spacial score (nSPS) is 13.0. The number of aliphatic hydroxyl groups is 1. The predicted octanol–water partition coefficient (Wildman–Crippen LogP) is 2.64. The second-order valence-corrected chi connectivity index (χ2v) is 6.30. The Kier molecular flexibility index (Phi) is 4.80. The molecule has 0 spiro atoms. The Morgan fingerprint density at radius 2 is 2.10 bits per heavy atom. The summed E-state index contributed by atoms with van der Waals surface area (Å²) in [4.78, 5) is 16.0. The maximum Gasteiger partial charge on any atom is 0.341 e. The fraction of sp³-hybridized carbons (Fsp3) is 0.333. The first-order valence-electron chi connectivity index (χ1n) is 6.50. The van der Waals surface area contributed by atoms with Crippen LogP contribution in [-0.2, 0) is 11.3 Å². The number of hydrogen-bond acceptors (Lipinski definition) is 4. The first kappa shape index (κ1) is 15.7. The Morgan fingerprint density at radius 1 is 1.43 bits per heavy atom. The molecule has 0 amide bonds. The molecule has 0 fully saturated rings. The number of halogens is 1. The van der Waals surface area contributed by atoms with Crippen LogP contribution in [0.1, 0.15) is 13.8 Å². The number of aliphatic hydroxyl groups excluding tert-OH is 1. The van der Waals surface area contributed by atoms with Crippen LogP contribution >= 0.6 is 15.9 Å². The molecule has 0 radical (unpaired) electrons. The molecule has 0 aliphatic carbocycles. The highest BCUT2D eigenvalue weighted by Crippen LogP contribution is 2.25. The van der Waals surface area contributed by atoms with Crippen molar-refractivity contribution in [1.29, 1.82) is 0 Å². The van der Waals surface area contributed by atoms with Crippen LogP contribution in [0.15, 0.2) is 47.5 Å². The second-order valence-electron chi connectivity index (χ2n) is 5.48. The molecule has 0 aliphatic heterocycles. The predicted molar refractivity (Wildman–Crippen MR) is 81.8 cm³/mol. The zero-order valence-corrected chi connectivity index (χ0v) is 13.4. The van der Waals surface area contributed by atoms with E-state index in [0.29, 0.717) is 16.9 Å². The molecular weight excluding hydrogens is 336 g/mol. The maximum atomic E-state index is 12.1. The van der Waals surface area contributed by atoms with E-state index >= 15 is 0 Å². The molecule has 0 bridgehead atoms. The van der Waals surface area contributed by atoms with Gasteiger partial charge in [0.15, 0.2) is 6.10 Å². The third-order valence-electron chi connectivity index (χ3n) is 3.14. The van der Waals surface area contributed by atoms with E-state index in [1.165, 1.54) is 6.20 Å². The molecule has 112 valence electrons. The number of nitrogens with zero attached hydrogens (tertiary/aromatic N) is 2. The number of rotatable bonds is 5. The summed E-state index contributed by atoms with van der Waals surface area (Å²) >= 11 is 3.20. The van der Waals surface area contributed by atoms with Gasteiger partial charge in [0.05, 0.1) is 6.20 Å². The first-order valence-corrected chi connectivity index (χ1v) is 7.30. The number of hydrogen-bond donors (Lipinski definition) is 1. The molecule has 1 N–H and O–H groups in total. The molecule has 0 aliphatic rings. The van der Waals surface area contributed by atoms with E-state index in [1.54, 1.807) is 12.1 Å².